The maximum atomic E-state index is 12.5. The van der Waals surface area contributed by atoms with Gasteiger partial charge < -0.3 is 0 Å². The molecule has 0 fully saturated rings. The van der Waals surface area contributed by atoms with Crippen LogP contribution in [0.3, 0.4) is 0 Å². The summed E-state index contributed by atoms with van der Waals surface area (Å²) in [5.74, 6) is 0. The number of hydrogen-bond acceptors (Lipinski definition) is 4. The summed E-state index contributed by atoms with van der Waals surface area (Å²) in [6.07, 6.45) is 3.49. The topological polar surface area (TPSA) is 95.9 Å². The van der Waals surface area contributed by atoms with E-state index in [1.54, 1.807) is 30.4 Å². The third-order valence-corrected chi connectivity index (χ3v) is 6.14. The van der Waals surface area contributed by atoms with Crippen molar-refractivity contribution in [2.75, 3.05) is 0 Å². The van der Waals surface area contributed by atoms with Crippen LogP contribution < -0.4 is 0 Å². The van der Waals surface area contributed by atoms with Crippen LogP contribution in [-0.2, 0) is 10.1 Å². The van der Waals surface area contributed by atoms with E-state index in [0.717, 1.165) is 16.3 Å². The second kappa shape index (κ2) is 7.46. The van der Waals surface area contributed by atoms with Crippen molar-refractivity contribution >= 4 is 44.1 Å². The average Bonchev–Trinajstić information content (AvgIpc) is 3.27. The second-order valence-corrected chi connectivity index (χ2v) is 8.47. The van der Waals surface area contributed by atoms with E-state index in [9.17, 15) is 13.0 Å². The predicted molar refractivity (Wildman–Crippen MR) is 122 cm³/mol. The van der Waals surface area contributed by atoms with Gasteiger partial charge in [-0.1, -0.05) is 84.9 Å². The van der Waals surface area contributed by atoms with E-state index >= 15 is 0 Å². The van der Waals surface area contributed by atoms with Gasteiger partial charge in [-0.25, -0.2) is 0 Å². The van der Waals surface area contributed by atoms with Gasteiger partial charge in [-0.2, -0.15) is 23.8 Å². The van der Waals surface area contributed by atoms with Crippen LogP contribution in [0.4, 0.5) is 0 Å². The van der Waals surface area contributed by atoms with Crippen LogP contribution in [0.1, 0.15) is 11.1 Å². The van der Waals surface area contributed by atoms with E-state index in [4.69, 9.17) is 0 Å². The predicted octanol–water partition coefficient (Wildman–Crippen LogP) is 5.20. The van der Waals surface area contributed by atoms with Crippen LogP contribution in [0.25, 0.3) is 45.1 Å². The fourth-order valence-corrected chi connectivity index (χ4v) is 4.70. The van der Waals surface area contributed by atoms with Crippen LogP contribution in [0.5, 0.6) is 0 Å². The average molecular weight is 427 g/mol. The van der Waals surface area contributed by atoms with Crippen LogP contribution in [0.2, 0.25) is 0 Å². The minimum atomic E-state index is -4.53. The van der Waals surface area contributed by atoms with Crippen molar-refractivity contribution in [2.24, 2.45) is 0 Å². The third kappa shape index (κ3) is 3.50. The highest BCUT2D eigenvalue weighted by Crippen LogP contribution is 2.37. The summed E-state index contributed by atoms with van der Waals surface area (Å²) in [6, 6.07) is 24.2. The molecule has 152 valence electrons. The quantitative estimate of drug-likeness (QED) is 0.304. The fourth-order valence-electron chi connectivity index (χ4n) is 3.81. The molecule has 4 aromatic carbocycles. The van der Waals surface area contributed by atoms with Gasteiger partial charge in [0.25, 0.3) is 10.1 Å². The van der Waals surface area contributed by atoms with Crippen molar-refractivity contribution in [1.29, 1.82) is 0 Å². The van der Waals surface area contributed by atoms with Crippen molar-refractivity contribution in [2.45, 2.75) is 4.90 Å². The lowest BCUT2D eigenvalue weighted by atomic mass is 9.97. The van der Waals surface area contributed by atoms with Gasteiger partial charge in [0.15, 0.2) is 0 Å². The molecule has 31 heavy (non-hydrogen) atoms. The Hall–Kier alpha value is -3.81. The summed E-state index contributed by atoms with van der Waals surface area (Å²) in [7, 11) is -4.53. The van der Waals surface area contributed by atoms with Crippen molar-refractivity contribution in [1.82, 2.24) is 15.4 Å². The molecule has 7 heteroatoms. The summed E-state index contributed by atoms with van der Waals surface area (Å²) in [4.78, 5) is -0.165. The Bertz CT molecular complexity index is 1560. The Morgan fingerprint density at radius 1 is 0.774 bits per heavy atom. The minimum absolute atomic E-state index is 0.165. The van der Waals surface area contributed by atoms with Crippen molar-refractivity contribution in [3.8, 4) is 11.1 Å². The van der Waals surface area contributed by atoms with Gasteiger partial charge in [0.2, 0.25) is 0 Å². The third-order valence-electron chi connectivity index (χ3n) is 5.17. The zero-order valence-corrected chi connectivity index (χ0v) is 17.0. The molecule has 0 atom stereocenters. The fraction of sp³-hybridized carbons (Fsp3) is 0. The summed E-state index contributed by atoms with van der Waals surface area (Å²) >= 11 is 0. The van der Waals surface area contributed by atoms with Crippen molar-refractivity contribution in [3.63, 3.8) is 0 Å². The molecular weight excluding hydrogens is 410 g/mol. The number of H-pyrrole nitrogens is 1. The molecule has 1 aromatic heterocycles. The standard InChI is InChI=1S/C24H17N3O3S/c28-31(29,30)24-17(14-13-16-7-2-1-3-8-16)10-6-12-20(24)21-15-18-9-4-5-11-19(18)22-23(21)26-27-25-22/h1-15H,(H,25,26,27)(H,28,29,30). The molecule has 0 aliphatic heterocycles. The molecule has 0 bridgehead atoms. The first-order valence-electron chi connectivity index (χ1n) is 9.58. The Balaban J connectivity index is 1.79. The Morgan fingerprint density at radius 3 is 2.32 bits per heavy atom. The number of aromatic amines is 1. The molecule has 0 unspecified atom stereocenters. The summed E-state index contributed by atoms with van der Waals surface area (Å²) < 4.78 is 35.1. The van der Waals surface area contributed by atoms with Gasteiger partial charge in [0, 0.05) is 16.5 Å². The number of nitrogens with zero attached hydrogens (tertiary/aromatic N) is 2. The molecule has 5 aromatic rings. The minimum Gasteiger partial charge on any atom is -0.282 e. The number of rotatable bonds is 4. The first kappa shape index (κ1) is 19.2. The first-order valence-corrected chi connectivity index (χ1v) is 11.0. The van der Waals surface area contributed by atoms with E-state index < -0.39 is 10.1 Å². The van der Waals surface area contributed by atoms with E-state index in [2.05, 4.69) is 15.4 Å². The molecule has 0 aliphatic carbocycles. The summed E-state index contributed by atoms with van der Waals surface area (Å²) in [6.45, 7) is 0. The molecule has 0 saturated heterocycles. The molecule has 0 spiro atoms. The molecule has 0 amide bonds. The van der Waals surface area contributed by atoms with Gasteiger partial charge in [0.1, 0.15) is 15.9 Å². The summed E-state index contributed by atoms with van der Waals surface area (Å²) in [5, 5.41) is 13.0. The molecule has 6 nitrogen and oxygen atoms in total. The monoisotopic (exact) mass is 427 g/mol. The number of benzene rings is 4. The maximum Gasteiger partial charge on any atom is 0.295 e. The largest absolute Gasteiger partial charge is 0.295 e. The molecular formula is C24H17N3O3S. The number of fused-ring (bicyclic) bond motifs is 3. The Kier molecular flexibility index (Phi) is 4.62. The molecule has 0 saturated carbocycles. The van der Waals surface area contributed by atoms with Gasteiger partial charge in [0.05, 0.1) is 0 Å². The molecule has 1 heterocycles. The SMILES string of the molecule is O=S(=O)(O)c1c(C=Cc2ccccc2)cccc1-c1cc2ccccc2c2n[nH]nc12. The van der Waals surface area contributed by atoms with Gasteiger partial charge >= 0.3 is 0 Å². The highest BCUT2D eigenvalue weighted by molar-refractivity contribution is 7.86. The lowest BCUT2D eigenvalue weighted by molar-refractivity contribution is 0.483. The van der Waals surface area contributed by atoms with E-state index in [1.807, 2.05) is 60.7 Å². The highest BCUT2D eigenvalue weighted by atomic mass is 32.2. The van der Waals surface area contributed by atoms with Crippen LogP contribution >= 0.6 is 0 Å². The van der Waals surface area contributed by atoms with Crippen molar-refractivity contribution < 1.29 is 13.0 Å². The Labute approximate surface area is 178 Å². The number of aromatic nitrogens is 3. The Morgan fingerprint density at radius 2 is 1.52 bits per heavy atom. The second-order valence-electron chi connectivity index (χ2n) is 7.11. The van der Waals surface area contributed by atoms with E-state index in [-0.39, 0.29) is 4.90 Å². The van der Waals surface area contributed by atoms with E-state index in [1.165, 1.54) is 0 Å². The van der Waals surface area contributed by atoms with Gasteiger partial charge in [-0.05, 0) is 22.6 Å². The molecule has 0 aliphatic rings. The van der Waals surface area contributed by atoms with Crippen LogP contribution in [0, 0.1) is 0 Å². The zero-order chi connectivity index (χ0) is 21.4. The molecule has 5 rings (SSSR count). The number of nitrogens with one attached hydrogen (secondary N) is 1. The summed E-state index contributed by atoms with van der Waals surface area (Å²) in [5.41, 5.74) is 3.41. The van der Waals surface area contributed by atoms with Gasteiger partial charge in [-0.3, -0.25) is 4.55 Å². The number of hydrogen-bond donors (Lipinski definition) is 2. The maximum absolute atomic E-state index is 12.5. The zero-order valence-electron chi connectivity index (χ0n) is 16.2. The molecule has 2 N–H and O–H groups in total. The van der Waals surface area contributed by atoms with Gasteiger partial charge in [-0.15, -0.1) is 0 Å². The lowest BCUT2D eigenvalue weighted by Gasteiger charge is -2.12. The highest BCUT2D eigenvalue weighted by Gasteiger charge is 2.23. The van der Waals surface area contributed by atoms with E-state index in [0.29, 0.717) is 27.7 Å². The van der Waals surface area contributed by atoms with Crippen LogP contribution in [-0.4, -0.2) is 28.4 Å². The first-order chi connectivity index (χ1) is 15.0. The normalized spacial score (nSPS) is 12.2. The molecule has 0 radical (unpaired) electrons. The smallest absolute Gasteiger partial charge is 0.282 e. The lowest BCUT2D eigenvalue weighted by Crippen LogP contribution is -2.04. The van der Waals surface area contributed by atoms with Crippen molar-refractivity contribution in [3.05, 3.63) is 90.0 Å². The van der Waals surface area contributed by atoms with Crippen LogP contribution in [0.15, 0.2) is 83.8 Å².